The van der Waals surface area contributed by atoms with Gasteiger partial charge in [-0.3, -0.25) is 0 Å². The summed E-state index contributed by atoms with van der Waals surface area (Å²) in [6, 6.07) is 11.2. The molecule has 0 atom stereocenters. The van der Waals surface area contributed by atoms with E-state index in [4.69, 9.17) is 0 Å². The summed E-state index contributed by atoms with van der Waals surface area (Å²) in [5.41, 5.74) is 1.39. The molecule has 1 rings (SSSR count). The van der Waals surface area contributed by atoms with Crippen molar-refractivity contribution in [2.24, 2.45) is 0 Å². The average Bonchev–Trinajstić information content (AvgIpc) is 2.03. The molecule has 0 aliphatic carbocycles. The highest BCUT2D eigenvalue weighted by Gasteiger charge is 1.94. The van der Waals surface area contributed by atoms with Crippen molar-refractivity contribution >= 4 is 11.8 Å². The highest BCUT2D eigenvalue weighted by molar-refractivity contribution is 7.99. The van der Waals surface area contributed by atoms with Crippen molar-refractivity contribution in [3.8, 4) is 0 Å². The third-order valence-electron chi connectivity index (χ3n) is 1.37. The lowest BCUT2D eigenvalue weighted by atomic mass is 10.2. The first-order valence-corrected chi connectivity index (χ1v) is 4.90. The highest BCUT2D eigenvalue weighted by Crippen LogP contribution is 2.15. The Morgan fingerprint density at radius 2 is 2.00 bits per heavy atom. The minimum absolute atomic E-state index is 0.721. The smallest absolute Gasteiger partial charge is 0.0187 e. The first-order chi connectivity index (χ1) is 5.29. The molecule has 1 aromatic carbocycles. The van der Waals surface area contributed by atoms with Gasteiger partial charge in [-0.25, -0.2) is 0 Å². The molecule has 1 aromatic rings. The Kier molecular flexibility index (Phi) is 3.50. The van der Waals surface area contributed by atoms with Crippen LogP contribution < -0.4 is 0 Å². The molecule has 0 aliphatic rings. The second kappa shape index (κ2) is 4.45. The van der Waals surface area contributed by atoms with Gasteiger partial charge in [0, 0.05) is 5.75 Å². The van der Waals surface area contributed by atoms with E-state index in [0.29, 0.717) is 0 Å². The normalized spacial score (nSPS) is 10.5. The van der Waals surface area contributed by atoms with Crippen LogP contribution in [0.2, 0.25) is 0 Å². The summed E-state index contributed by atoms with van der Waals surface area (Å²) in [5.74, 6) is 1.12. The lowest BCUT2D eigenvalue weighted by molar-refractivity contribution is 1.11. The van der Waals surface area contributed by atoms with Crippen LogP contribution in [0.3, 0.4) is 0 Å². The zero-order valence-electron chi connectivity index (χ0n) is 7.00. The summed E-state index contributed by atoms with van der Waals surface area (Å²) in [6.45, 7) is 4.44. The lowest BCUT2D eigenvalue weighted by Crippen LogP contribution is -1.87. The molecular weight excluding hydrogens is 152 g/mol. The van der Waals surface area contributed by atoms with Crippen LogP contribution in [0, 0.1) is 6.07 Å². The minimum Gasteiger partial charge on any atom is -0.154 e. The maximum absolute atomic E-state index is 3.01. The van der Waals surface area contributed by atoms with E-state index in [1.807, 2.05) is 23.9 Å². The second-order valence-corrected chi connectivity index (χ2v) is 4.33. The zero-order valence-corrected chi connectivity index (χ0v) is 7.82. The number of rotatable bonds is 3. The van der Waals surface area contributed by atoms with E-state index in [1.54, 1.807) is 0 Å². The Morgan fingerprint density at radius 3 is 2.55 bits per heavy atom. The van der Waals surface area contributed by atoms with Gasteiger partial charge in [0.2, 0.25) is 0 Å². The van der Waals surface area contributed by atoms with E-state index < -0.39 is 0 Å². The SMILES string of the molecule is CC(C)SCc1cc[c]cc1. The van der Waals surface area contributed by atoms with Crippen LogP contribution in [0.25, 0.3) is 0 Å². The fourth-order valence-electron chi connectivity index (χ4n) is 0.781. The fraction of sp³-hybridized carbons (Fsp3) is 0.400. The monoisotopic (exact) mass is 165 g/mol. The van der Waals surface area contributed by atoms with Gasteiger partial charge in [-0.2, -0.15) is 11.8 Å². The van der Waals surface area contributed by atoms with Gasteiger partial charge in [-0.05, 0) is 16.9 Å². The molecule has 11 heavy (non-hydrogen) atoms. The van der Waals surface area contributed by atoms with Crippen molar-refractivity contribution in [1.82, 2.24) is 0 Å². The van der Waals surface area contributed by atoms with E-state index in [2.05, 4.69) is 32.0 Å². The number of hydrogen-bond donors (Lipinski definition) is 0. The van der Waals surface area contributed by atoms with Crippen molar-refractivity contribution in [3.63, 3.8) is 0 Å². The summed E-state index contributed by atoms with van der Waals surface area (Å²) in [6.07, 6.45) is 0. The molecule has 0 fully saturated rings. The van der Waals surface area contributed by atoms with E-state index in [0.717, 1.165) is 11.0 Å². The van der Waals surface area contributed by atoms with Crippen molar-refractivity contribution in [1.29, 1.82) is 0 Å². The molecule has 0 aliphatic heterocycles. The van der Waals surface area contributed by atoms with Crippen molar-refractivity contribution in [3.05, 3.63) is 35.9 Å². The van der Waals surface area contributed by atoms with Gasteiger partial charge in [0.05, 0.1) is 0 Å². The molecule has 0 saturated heterocycles. The Labute approximate surface area is 73.0 Å². The Balaban J connectivity index is 2.39. The summed E-state index contributed by atoms with van der Waals surface area (Å²) in [4.78, 5) is 0. The average molecular weight is 165 g/mol. The lowest BCUT2D eigenvalue weighted by Gasteiger charge is -2.03. The Morgan fingerprint density at radius 1 is 1.36 bits per heavy atom. The number of hydrogen-bond acceptors (Lipinski definition) is 1. The molecule has 1 heteroatoms. The van der Waals surface area contributed by atoms with Crippen LogP contribution >= 0.6 is 11.8 Å². The molecule has 0 saturated carbocycles. The molecule has 0 N–H and O–H groups in total. The van der Waals surface area contributed by atoms with Gasteiger partial charge in [0.25, 0.3) is 0 Å². The third-order valence-corrected chi connectivity index (χ3v) is 2.54. The predicted octanol–water partition coefficient (Wildman–Crippen LogP) is 3.13. The van der Waals surface area contributed by atoms with Crippen LogP contribution in [0.15, 0.2) is 24.3 Å². The molecule has 0 aromatic heterocycles. The molecular formula is C10H13S. The van der Waals surface area contributed by atoms with Crippen molar-refractivity contribution in [2.75, 3.05) is 0 Å². The predicted molar refractivity (Wildman–Crippen MR) is 51.7 cm³/mol. The second-order valence-electron chi connectivity index (χ2n) is 2.77. The molecule has 0 spiro atoms. The topological polar surface area (TPSA) is 0 Å². The van der Waals surface area contributed by atoms with Crippen molar-refractivity contribution < 1.29 is 0 Å². The zero-order chi connectivity index (χ0) is 8.10. The number of thioether (sulfide) groups is 1. The summed E-state index contributed by atoms with van der Waals surface area (Å²) >= 11 is 1.97. The van der Waals surface area contributed by atoms with Gasteiger partial charge in [-0.15, -0.1) is 0 Å². The van der Waals surface area contributed by atoms with E-state index in [1.165, 1.54) is 5.56 Å². The molecule has 0 bridgehead atoms. The van der Waals surface area contributed by atoms with Crippen LogP contribution in [-0.2, 0) is 5.75 Å². The number of benzene rings is 1. The molecule has 1 radical (unpaired) electrons. The van der Waals surface area contributed by atoms with Crippen LogP contribution in [0.4, 0.5) is 0 Å². The van der Waals surface area contributed by atoms with E-state index >= 15 is 0 Å². The van der Waals surface area contributed by atoms with Crippen molar-refractivity contribution in [2.45, 2.75) is 24.9 Å². The maximum atomic E-state index is 3.01. The van der Waals surface area contributed by atoms with Gasteiger partial charge < -0.3 is 0 Å². The standard InChI is InChI=1S/C10H13S/c1-9(2)11-8-10-6-4-3-5-7-10/h4-7,9H,8H2,1-2H3. The summed E-state index contributed by atoms with van der Waals surface area (Å²) in [7, 11) is 0. The Bertz CT molecular complexity index is 191. The molecule has 59 valence electrons. The van der Waals surface area contributed by atoms with E-state index in [9.17, 15) is 0 Å². The molecule has 0 heterocycles. The van der Waals surface area contributed by atoms with E-state index in [-0.39, 0.29) is 0 Å². The molecule has 0 amide bonds. The molecule has 0 unspecified atom stereocenters. The summed E-state index contributed by atoms with van der Waals surface area (Å²) < 4.78 is 0. The fourth-order valence-corrected chi connectivity index (χ4v) is 1.50. The minimum atomic E-state index is 0.721. The maximum Gasteiger partial charge on any atom is 0.0187 e. The molecule has 0 nitrogen and oxygen atoms in total. The van der Waals surface area contributed by atoms with Gasteiger partial charge in [0.15, 0.2) is 0 Å². The van der Waals surface area contributed by atoms with Crippen LogP contribution in [-0.4, -0.2) is 5.25 Å². The van der Waals surface area contributed by atoms with Gasteiger partial charge >= 0.3 is 0 Å². The largest absolute Gasteiger partial charge is 0.154 e. The Hall–Kier alpha value is -0.430. The third kappa shape index (κ3) is 3.47. The van der Waals surface area contributed by atoms with Gasteiger partial charge in [0.1, 0.15) is 0 Å². The highest BCUT2D eigenvalue weighted by atomic mass is 32.2. The van der Waals surface area contributed by atoms with Crippen LogP contribution in [0.5, 0.6) is 0 Å². The first kappa shape index (κ1) is 8.66. The van der Waals surface area contributed by atoms with Crippen LogP contribution in [0.1, 0.15) is 19.4 Å². The summed E-state index contributed by atoms with van der Waals surface area (Å²) in [5, 5.41) is 0.721. The first-order valence-electron chi connectivity index (χ1n) is 3.85. The quantitative estimate of drug-likeness (QED) is 0.663. The van der Waals surface area contributed by atoms with Gasteiger partial charge in [-0.1, -0.05) is 38.1 Å².